The molecule has 0 radical (unpaired) electrons. The van der Waals surface area contributed by atoms with Gasteiger partial charge in [0, 0.05) is 29.6 Å². The molecule has 0 saturated heterocycles. The predicted octanol–water partition coefficient (Wildman–Crippen LogP) is 3.84. The standard InChI is InChI=1S/C21H22FN3O.ClH/c1-14-6-7-18(17(22)12-14)24-21(26)13-25-19-5-3-2-4-15(19)16-8-10-23-11-9-20(16)25;/h2-7,12,23H,8-11,13H2,1H3,(H,24,26);1H. The summed E-state index contributed by atoms with van der Waals surface area (Å²) in [5.74, 6) is -0.618. The normalized spacial score (nSPS) is 13.6. The highest BCUT2D eigenvalue weighted by molar-refractivity contribution is 5.93. The van der Waals surface area contributed by atoms with Gasteiger partial charge in [-0.3, -0.25) is 4.79 Å². The van der Waals surface area contributed by atoms with Crippen LogP contribution in [0.25, 0.3) is 10.9 Å². The van der Waals surface area contributed by atoms with E-state index in [0.29, 0.717) is 0 Å². The predicted molar refractivity (Wildman–Crippen MR) is 109 cm³/mol. The van der Waals surface area contributed by atoms with Gasteiger partial charge in [-0.25, -0.2) is 4.39 Å². The van der Waals surface area contributed by atoms with Crippen molar-refractivity contribution >= 4 is 34.9 Å². The Labute approximate surface area is 164 Å². The number of anilines is 1. The van der Waals surface area contributed by atoms with E-state index in [-0.39, 0.29) is 30.5 Å². The fourth-order valence-electron chi connectivity index (χ4n) is 3.77. The summed E-state index contributed by atoms with van der Waals surface area (Å²) in [4.78, 5) is 12.6. The summed E-state index contributed by atoms with van der Waals surface area (Å²) < 4.78 is 16.1. The van der Waals surface area contributed by atoms with Gasteiger partial charge in [-0.15, -0.1) is 12.4 Å². The molecule has 1 aliphatic rings. The summed E-state index contributed by atoms with van der Waals surface area (Å²) in [6, 6.07) is 13.0. The summed E-state index contributed by atoms with van der Waals surface area (Å²) in [7, 11) is 0. The average molecular weight is 388 g/mol. The molecule has 3 aromatic rings. The number of nitrogens with one attached hydrogen (secondary N) is 2. The Morgan fingerprint density at radius 2 is 1.96 bits per heavy atom. The highest BCUT2D eigenvalue weighted by Gasteiger charge is 2.20. The van der Waals surface area contributed by atoms with Crippen molar-refractivity contribution in [3.05, 3.63) is 65.1 Å². The number of nitrogens with zero attached hydrogens (tertiary/aromatic N) is 1. The molecule has 1 aliphatic heterocycles. The van der Waals surface area contributed by atoms with Gasteiger partial charge in [0.25, 0.3) is 0 Å². The summed E-state index contributed by atoms with van der Waals surface area (Å²) in [6.07, 6.45) is 1.84. The summed E-state index contributed by atoms with van der Waals surface area (Å²) in [5.41, 5.74) is 4.65. The van der Waals surface area contributed by atoms with Crippen molar-refractivity contribution in [2.24, 2.45) is 0 Å². The summed E-state index contributed by atoms with van der Waals surface area (Å²) >= 11 is 0. The monoisotopic (exact) mass is 387 g/mol. The van der Waals surface area contributed by atoms with Gasteiger partial charge in [-0.2, -0.15) is 0 Å². The lowest BCUT2D eigenvalue weighted by molar-refractivity contribution is -0.116. The molecule has 142 valence electrons. The van der Waals surface area contributed by atoms with Crippen LogP contribution in [0.1, 0.15) is 16.8 Å². The lowest BCUT2D eigenvalue weighted by Gasteiger charge is -2.12. The number of rotatable bonds is 3. The maximum Gasteiger partial charge on any atom is 0.244 e. The number of para-hydroxylation sites is 1. The molecule has 6 heteroatoms. The number of hydrogen-bond donors (Lipinski definition) is 2. The van der Waals surface area contributed by atoms with Crippen LogP contribution in [0.2, 0.25) is 0 Å². The molecule has 0 unspecified atom stereocenters. The number of aryl methyl sites for hydroxylation is 1. The van der Waals surface area contributed by atoms with Gasteiger partial charge in [0.05, 0.1) is 5.69 Å². The van der Waals surface area contributed by atoms with Crippen LogP contribution in [0.4, 0.5) is 10.1 Å². The molecule has 1 amide bonds. The highest BCUT2D eigenvalue weighted by Crippen LogP contribution is 2.28. The van der Waals surface area contributed by atoms with Gasteiger partial charge in [0.1, 0.15) is 12.4 Å². The number of carbonyl (C=O) groups excluding carboxylic acids is 1. The van der Waals surface area contributed by atoms with Crippen LogP contribution in [0.3, 0.4) is 0 Å². The largest absolute Gasteiger partial charge is 0.335 e. The van der Waals surface area contributed by atoms with Crippen molar-refractivity contribution in [3.8, 4) is 0 Å². The zero-order valence-corrected chi connectivity index (χ0v) is 16.0. The number of fused-ring (bicyclic) bond motifs is 3. The molecule has 27 heavy (non-hydrogen) atoms. The Morgan fingerprint density at radius 3 is 2.78 bits per heavy atom. The molecule has 2 N–H and O–H groups in total. The van der Waals surface area contributed by atoms with Crippen LogP contribution < -0.4 is 10.6 Å². The van der Waals surface area contributed by atoms with Gasteiger partial charge in [0.2, 0.25) is 5.91 Å². The van der Waals surface area contributed by atoms with Gasteiger partial charge in [-0.05, 0) is 49.2 Å². The van der Waals surface area contributed by atoms with E-state index in [1.165, 1.54) is 22.7 Å². The Morgan fingerprint density at radius 1 is 1.19 bits per heavy atom. The van der Waals surface area contributed by atoms with E-state index in [2.05, 4.69) is 27.3 Å². The molecule has 4 nitrogen and oxygen atoms in total. The molecular formula is C21H23ClFN3O. The Hall–Kier alpha value is -2.37. The maximum atomic E-state index is 14.0. The molecule has 0 bridgehead atoms. The van der Waals surface area contributed by atoms with Crippen molar-refractivity contribution in [3.63, 3.8) is 0 Å². The van der Waals surface area contributed by atoms with E-state index in [9.17, 15) is 9.18 Å². The summed E-state index contributed by atoms with van der Waals surface area (Å²) in [5, 5.41) is 7.34. The van der Waals surface area contributed by atoms with E-state index in [4.69, 9.17) is 0 Å². The Bertz CT molecular complexity index is 983. The molecule has 2 heterocycles. The first-order valence-corrected chi connectivity index (χ1v) is 8.99. The van der Waals surface area contributed by atoms with Crippen LogP contribution in [0.5, 0.6) is 0 Å². The van der Waals surface area contributed by atoms with Gasteiger partial charge < -0.3 is 15.2 Å². The van der Waals surface area contributed by atoms with Crippen molar-refractivity contribution < 1.29 is 9.18 Å². The molecule has 0 atom stereocenters. The van der Waals surface area contributed by atoms with E-state index in [1.54, 1.807) is 12.1 Å². The maximum absolute atomic E-state index is 14.0. The first-order valence-electron chi connectivity index (χ1n) is 8.99. The third-order valence-electron chi connectivity index (χ3n) is 4.98. The number of aromatic nitrogens is 1. The van der Waals surface area contributed by atoms with Gasteiger partial charge in [0.15, 0.2) is 0 Å². The van der Waals surface area contributed by atoms with Gasteiger partial charge >= 0.3 is 0 Å². The van der Waals surface area contributed by atoms with Crippen molar-refractivity contribution in [2.45, 2.75) is 26.3 Å². The molecule has 0 aliphatic carbocycles. The second kappa shape index (κ2) is 8.11. The fourth-order valence-corrected chi connectivity index (χ4v) is 3.77. The van der Waals surface area contributed by atoms with Crippen molar-refractivity contribution in [1.29, 1.82) is 0 Å². The third kappa shape index (κ3) is 3.84. The zero-order valence-electron chi connectivity index (χ0n) is 15.2. The Balaban J connectivity index is 0.00000210. The van der Waals surface area contributed by atoms with Crippen LogP contribution in [-0.2, 0) is 24.2 Å². The minimum atomic E-state index is -0.404. The minimum Gasteiger partial charge on any atom is -0.335 e. The summed E-state index contributed by atoms with van der Waals surface area (Å²) in [6.45, 7) is 3.85. The molecule has 2 aromatic carbocycles. The topological polar surface area (TPSA) is 46.1 Å². The van der Waals surface area contributed by atoms with Gasteiger partial charge in [-0.1, -0.05) is 24.3 Å². The number of halogens is 2. The van der Waals surface area contributed by atoms with E-state index < -0.39 is 5.82 Å². The molecular weight excluding hydrogens is 365 g/mol. The highest BCUT2D eigenvalue weighted by atomic mass is 35.5. The SMILES string of the molecule is Cc1ccc(NC(=O)Cn2c3c(c4ccccc42)CCNCC3)c(F)c1.Cl. The second-order valence-corrected chi connectivity index (χ2v) is 6.81. The van der Waals surface area contributed by atoms with Crippen LogP contribution in [-0.4, -0.2) is 23.6 Å². The van der Waals surface area contributed by atoms with Crippen molar-refractivity contribution in [2.75, 3.05) is 18.4 Å². The van der Waals surface area contributed by atoms with Crippen LogP contribution >= 0.6 is 12.4 Å². The quantitative estimate of drug-likeness (QED) is 0.717. The number of benzene rings is 2. The van der Waals surface area contributed by atoms with E-state index >= 15 is 0 Å². The zero-order chi connectivity index (χ0) is 18.1. The Kier molecular flexibility index (Phi) is 5.82. The van der Waals surface area contributed by atoms with Crippen LogP contribution in [0.15, 0.2) is 42.5 Å². The lowest BCUT2D eigenvalue weighted by atomic mass is 10.1. The average Bonchev–Trinajstić information content (AvgIpc) is 2.78. The molecule has 4 rings (SSSR count). The number of carbonyl (C=O) groups is 1. The first kappa shape index (κ1) is 19.4. The third-order valence-corrected chi connectivity index (χ3v) is 4.98. The van der Waals surface area contributed by atoms with Crippen LogP contribution in [0, 0.1) is 12.7 Å². The molecule has 0 saturated carbocycles. The van der Waals surface area contributed by atoms with E-state index in [0.717, 1.165) is 37.0 Å². The molecule has 1 aromatic heterocycles. The lowest BCUT2D eigenvalue weighted by Crippen LogP contribution is -2.22. The fraction of sp³-hybridized carbons (Fsp3) is 0.286. The molecule has 0 fully saturated rings. The van der Waals surface area contributed by atoms with Crippen molar-refractivity contribution in [1.82, 2.24) is 9.88 Å². The first-order chi connectivity index (χ1) is 12.6. The second-order valence-electron chi connectivity index (χ2n) is 6.81. The minimum absolute atomic E-state index is 0. The number of hydrogen-bond acceptors (Lipinski definition) is 2. The smallest absolute Gasteiger partial charge is 0.244 e. The number of amides is 1. The van der Waals surface area contributed by atoms with E-state index in [1.807, 2.05) is 19.1 Å². The molecule has 0 spiro atoms.